The van der Waals surface area contributed by atoms with Crippen LogP contribution < -0.4 is 0 Å². The highest BCUT2D eigenvalue weighted by atomic mass is 14.7. The molecule has 0 unspecified atom stereocenters. The summed E-state index contributed by atoms with van der Waals surface area (Å²) in [6.45, 7) is 4.67. The van der Waals surface area contributed by atoms with Gasteiger partial charge in [-0.2, -0.15) is 0 Å². The van der Waals surface area contributed by atoms with Gasteiger partial charge in [0.15, 0.2) is 0 Å². The first-order valence-corrected chi connectivity index (χ1v) is 12.7. The molecule has 5 aromatic rings. The summed E-state index contributed by atoms with van der Waals surface area (Å²) in [5.74, 6) is 0. The SMILES string of the molecule is CC(Cc1cccc(CC(C)(c2ccccc2)c2ccccc2)n1)(c1ccccc1)c1ccccc1. The molecule has 0 fully saturated rings. The first kappa shape index (κ1) is 23.8. The number of hydrogen-bond acceptors (Lipinski definition) is 1. The minimum absolute atomic E-state index is 0.170. The lowest BCUT2D eigenvalue weighted by Gasteiger charge is -2.32. The molecule has 0 saturated carbocycles. The zero-order valence-electron chi connectivity index (χ0n) is 21.1. The van der Waals surface area contributed by atoms with E-state index in [0.29, 0.717) is 0 Å². The van der Waals surface area contributed by atoms with Gasteiger partial charge in [-0.1, -0.05) is 141 Å². The van der Waals surface area contributed by atoms with Gasteiger partial charge in [0.2, 0.25) is 0 Å². The smallest absolute Gasteiger partial charge is 0.0419 e. The Morgan fingerprint density at radius 2 is 0.667 bits per heavy atom. The maximum atomic E-state index is 5.24. The minimum atomic E-state index is -0.170. The summed E-state index contributed by atoms with van der Waals surface area (Å²) >= 11 is 0. The molecular formula is C35H33N. The van der Waals surface area contributed by atoms with E-state index in [9.17, 15) is 0 Å². The van der Waals surface area contributed by atoms with Crippen molar-refractivity contribution in [2.24, 2.45) is 0 Å². The van der Waals surface area contributed by atoms with Crippen molar-refractivity contribution in [1.82, 2.24) is 4.98 Å². The lowest BCUT2D eigenvalue weighted by atomic mass is 9.72. The Hall–Kier alpha value is -3.97. The maximum absolute atomic E-state index is 5.24. The Kier molecular flexibility index (Phi) is 6.82. The van der Waals surface area contributed by atoms with E-state index in [4.69, 9.17) is 4.98 Å². The molecule has 5 rings (SSSR count). The van der Waals surface area contributed by atoms with Crippen molar-refractivity contribution < 1.29 is 0 Å². The molecule has 0 N–H and O–H groups in total. The van der Waals surface area contributed by atoms with E-state index < -0.39 is 0 Å². The molecule has 0 aliphatic carbocycles. The van der Waals surface area contributed by atoms with Crippen LogP contribution in [0.5, 0.6) is 0 Å². The van der Waals surface area contributed by atoms with Crippen LogP contribution in [-0.4, -0.2) is 4.98 Å². The second-order valence-corrected chi connectivity index (χ2v) is 10.1. The molecule has 36 heavy (non-hydrogen) atoms. The number of hydrogen-bond donors (Lipinski definition) is 0. The van der Waals surface area contributed by atoms with Crippen LogP contribution in [-0.2, 0) is 23.7 Å². The number of benzene rings is 4. The summed E-state index contributed by atoms with van der Waals surface area (Å²) in [6, 6.07) is 49.8. The van der Waals surface area contributed by atoms with E-state index in [-0.39, 0.29) is 10.8 Å². The largest absolute Gasteiger partial charge is 0.258 e. The first-order chi connectivity index (χ1) is 17.6. The molecule has 0 amide bonds. The van der Waals surface area contributed by atoms with E-state index in [1.54, 1.807) is 0 Å². The van der Waals surface area contributed by atoms with Gasteiger partial charge in [-0.3, -0.25) is 4.98 Å². The van der Waals surface area contributed by atoms with Gasteiger partial charge in [-0.05, 0) is 34.4 Å². The number of aromatic nitrogens is 1. The molecule has 4 aromatic carbocycles. The highest BCUT2D eigenvalue weighted by Gasteiger charge is 2.32. The van der Waals surface area contributed by atoms with Gasteiger partial charge in [-0.15, -0.1) is 0 Å². The fourth-order valence-electron chi connectivity index (χ4n) is 5.42. The lowest BCUT2D eigenvalue weighted by Crippen LogP contribution is -2.29. The monoisotopic (exact) mass is 467 g/mol. The van der Waals surface area contributed by atoms with Gasteiger partial charge in [0.05, 0.1) is 0 Å². The third kappa shape index (κ3) is 4.88. The lowest BCUT2D eigenvalue weighted by molar-refractivity contribution is 0.542. The average Bonchev–Trinajstić information content (AvgIpc) is 2.95. The van der Waals surface area contributed by atoms with Crippen molar-refractivity contribution in [3.05, 3.63) is 173 Å². The average molecular weight is 468 g/mol. The highest BCUT2D eigenvalue weighted by molar-refractivity contribution is 5.42. The molecule has 0 aliphatic rings. The molecule has 0 atom stereocenters. The molecule has 0 aliphatic heterocycles. The zero-order chi connectivity index (χ0) is 24.8. The fraction of sp³-hybridized carbons (Fsp3) is 0.171. The van der Waals surface area contributed by atoms with Gasteiger partial charge < -0.3 is 0 Å². The van der Waals surface area contributed by atoms with Gasteiger partial charge in [0.25, 0.3) is 0 Å². The summed E-state index contributed by atoms with van der Waals surface area (Å²) in [7, 11) is 0. The molecule has 1 nitrogen and oxygen atoms in total. The van der Waals surface area contributed by atoms with E-state index in [0.717, 1.165) is 24.2 Å². The van der Waals surface area contributed by atoms with Crippen LogP contribution in [0, 0.1) is 0 Å². The van der Waals surface area contributed by atoms with Gasteiger partial charge in [-0.25, -0.2) is 0 Å². The molecular weight excluding hydrogens is 434 g/mol. The van der Waals surface area contributed by atoms with E-state index in [2.05, 4.69) is 153 Å². The second kappa shape index (κ2) is 10.3. The van der Waals surface area contributed by atoms with Crippen molar-refractivity contribution in [3.63, 3.8) is 0 Å². The standard InChI is InChI=1S/C35H33N/c1-34(28-16-7-3-8-17-28,29-18-9-4-10-19-29)26-32-24-15-25-33(36-32)27-35(2,30-20-11-5-12-21-30)31-22-13-6-14-23-31/h3-25H,26-27H2,1-2H3. The Labute approximate surface area is 215 Å². The van der Waals surface area contributed by atoms with E-state index in [1.807, 2.05) is 0 Å². The summed E-state index contributed by atoms with van der Waals surface area (Å²) in [4.78, 5) is 5.24. The van der Waals surface area contributed by atoms with Crippen molar-refractivity contribution in [2.75, 3.05) is 0 Å². The molecule has 1 heterocycles. The van der Waals surface area contributed by atoms with Crippen molar-refractivity contribution in [3.8, 4) is 0 Å². The summed E-state index contributed by atoms with van der Waals surface area (Å²) in [5, 5.41) is 0. The summed E-state index contributed by atoms with van der Waals surface area (Å²) in [5.41, 5.74) is 7.12. The number of nitrogens with zero attached hydrogens (tertiary/aromatic N) is 1. The van der Waals surface area contributed by atoms with Crippen LogP contribution in [0.25, 0.3) is 0 Å². The topological polar surface area (TPSA) is 12.9 Å². The third-order valence-corrected chi connectivity index (χ3v) is 7.58. The second-order valence-electron chi connectivity index (χ2n) is 10.1. The number of pyridine rings is 1. The predicted molar refractivity (Wildman–Crippen MR) is 150 cm³/mol. The fourth-order valence-corrected chi connectivity index (χ4v) is 5.42. The molecule has 0 bridgehead atoms. The molecule has 1 heteroatoms. The molecule has 1 aromatic heterocycles. The zero-order valence-corrected chi connectivity index (χ0v) is 21.1. The maximum Gasteiger partial charge on any atom is 0.0419 e. The molecule has 0 spiro atoms. The van der Waals surface area contributed by atoms with Crippen LogP contribution in [0.3, 0.4) is 0 Å². The van der Waals surface area contributed by atoms with Crippen LogP contribution in [0.2, 0.25) is 0 Å². The Balaban J connectivity index is 1.52. The summed E-state index contributed by atoms with van der Waals surface area (Å²) in [6.07, 6.45) is 1.67. The highest BCUT2D eigenvalue weighted by Crippen LogP contribution is 2.37. The quantitative estimate of drug-likeness (QED) is 0.224. The van der Waals surface area contributed by atoms with E-state index >= 15 is 0 Å². The summed E-state index contributed by atoms with van der Waals surface area (Å²) < 4.78 is 0. The molecule has 0 radical (unpaired) electrons. The Morgan fingerprint density at radius 3 is 0.944 bits per heavy atom. The molecule has 178 valence electrons. The minimum Gasteiger partial charge on any atom is -0.258 e. The van der Waals surface area contributed by atoms with Crippen LogP contribution in [0.1, 0.15) is 47.5 Å². The van der Waals surface area contributed by atoms with Crippen LogP contribution in [0.4, 0.5) is 0 Å². The number of rotatable bonds is 8. The third-order valence-electron chi connectivity index (χ3n) is 7.58. The normalized spacial score (nSPS) is 11.8. The van der Waals surface area contributed by atoms with Crippen LogP contribution in [0.15, 0.2) is 140 Å². The van der Waals surface area contributed by atoms with Crippen molar-refractivity contribution >= 4 is 0 Å². The van der Waals surface area contributed by atoms with E-state index in [1.165, 1.54) is 22.3 Å². The first-order valence-electron chi connectivity index (χ1n) is 12.7. The van der Waals surface area contributed by atoms with Gasteiger partial charge in [0.1, 0.15) is 0 Å². The van der Waals surface area contributed by atoms with Gasteiger partial charge in [0, 0.05) is 35.1 Å². The predicted octanol–water partition coefficient (Wildman–Crippen LogP) is 8.18. The van der Waals surface area contributed by atoms with Crippen molar-refractivity contribution in [1.29, 1.82) is 0 Å². The van der Waals surface area contributed by atoms with Crippen molar-refractivity contribution in [2.45, 2.75) is 37.5 Å². The Bertz CT molecular complexity index is 1190. The Morgan fingerprint density at radius 1 is 0.389 bits per heavy atom. The van der Waals surface area contributed by atoms with Crippen LogP contribution >= 0.6 is 0 Å². The molecule has 0 saturated heterocycles. The van der Waals surface area contributed by atoms with Gasteiger partial charge >= 0.3 is 0 Å².